The first-order valence-corrected chi connectivity index (χ1v) is 9.97. The molecule has 2 N–H and O–H groups in total. The van der Waals surface area contributed by atoms with Crippen molar-refractivity contribution in [2.24, 2.45) is 0 Å². The highest BCUT2D eigenvalue weighted by Crippen LogP contribution is 2.29. The van der Waals surface area contributed by atoms with Gasteiger partial charge in [-0.25, -0.2) is 4.79 Å². The van der Waals surface area contributed by atoms with E-state index in [-0.39, 0.29) is 11.6 Å². The Labute approximate surface area is 149 Å². The fourth-order valence-corrected chi connectivity index (χ4v) is 4.26. The first-order valence-electron chi connectivity index (χ1n) is 8.75. The fourth-order valence-electron chi connectivity index (χ4n) is 3.80. The Bertz CT molecular complexity index is 574. The van der Waals surface area contributed by atoms with Crippen LogP contribution in [-0.2, 0) is 0 Å². The first-order chi connectivity index (χ1) is 11.6. The molecule has 2 saturated heterocycles. The molecule has 0 aromatic heterocycles. The van der Waals surface area contributed by atoms with Gasteiger partial charge in [-0.15, -0.1) is 11.8 Å². The van der Waals surface area contributed by atoms with Gasteiger partial charge in [0, 0.05) is 35.8 Å². The van der Waals surface area contributed by atoms with E-state index in [1.807, 2.05) is 29.4 Å². The van der Waals surface area contributed by atoms with Crippen molar-refractivity contribution in [3.8, 4) is 0 Å². The van der Waals surface area contributed by atoms with E-state index < -0.39 is 0 Å². The van der Waals surface area contributed by atoms with Gasteiger partial charge in [0.25, 0.3) is 0 Å². The van der Waals surface area contributed by atoms with Gasteiger partial charge in [0.2, 0.25) is 0 Å². The molecular formula is C18H28N4OS. The van der Waals surface area contributed by atoms with Gasteiger partial charge in [-0.3, -0.25) is 4.90 Å². The maximum Gasteiger partial charge on any atom is 0.321 e. The summed E-state index contributed by atoms with van der Waals surface area (Å²) >= 11 is 1.69. The minimum atomic E-state index is 0.0291. The zero-order chi connectivity index (χ0) is 17.0. The van der Waals surface area contributed by atoms with Gasteiger partial charge in [0.15, 0.2) is 0 Å². The second-order valence-corrected chi connectivity index (χ2v) is 7.71. The van der Waals surface area contributed by atoms with E-state index in [1.54, 1.807) is 11.8 Å². The van der Waals surface area contributed by atoms with Gasteiger partial charge < -0.3 is 15.5 Å². The SMILES string of the molecule is CSc1cccc(NC(=O)N2CCCN(C)C3(CCNCC3)C2)c1. The number of hydrogen-bond donors (Lipinski definition) is 2. The van der Waals surface area contributed by atoms with Crippen LogP contribution in [0.2, 0.25) is 0 Å². The first kappa shape index (κ1) is 17.6. The van der Waals surface area contributed by atoms with Crippen LogP contribution in [0.5, 0.6) is 0 Å². The summed E-state index contributed by atoms with van der Waals surface area (Å²) in [4.78, 5) is 18.5. The number of urea groups is 1. The molecule has 2 aliphatic heterocycles. The van der Waals surface area contributed by atoms with E-state index in [0.29, 0.717) is 0 Å². The fraction of sp³-hybridized carbons (Fsp3) is 0.611. The van der Waals surface area contributed by atoms with Gasteiger partial charge in [0.05, 0.1) is 0 Å². The highest BCUT2D eigenvalue weighted by Gasteiger charge is 2.40. The maximum atomic E-state index is 12.8. The lowest BCUT2D eigenvalue weighted by Crippen LogP contribution is -2.58. The molecule has 0 bridgehead atoms. The number of nitrogens with zero attached hydrogens (tertiary/aromatic N) is 2. The largest absolute Gasteiger partial charge is 0.323 e. The van der Waals surface area contributed by atoms with Crippen molar-refractivity contribution in [3.05, 3.63) is 24.3 Å². The van der Waals surface area contributed by atoms with Crippen molar-refractivity contribution < 1.29 is 4.79 Å². The Morgan fingerprint density at radius 2 is 2.08 bits per heavy atom. The van der Waals surface area contributed by atoms with E-state index in [4.69, 9.17) is 0 Å². The molecule has 3 rings (SSSR count). The van der Waals surface area contributed by atoms with Gasteiger partial charge in [-0.05, 0) is 63.9 Å². The molecule has 1 aromatic carbocycles. The molecule has 6 heteroatoms. The van der Waals surface area contributed by atoms with Gasteiger partial charge >= 0.3 is 6.03 Å². The third kappa shape index (κ3) is 3.87. The van der Waals surface area contributed by atoms with Crippen molar-refractivity contribution in [1.29, 1.82) is 0 Å². The number of anilines is 1. The monoisotopic (exact) mass is 348 g/mol. The van der Waals surface area contributed by atoms with Crippen LogP contribution in [0.1, 0.15) is 19.3 Å². The molecule has 0 atom stereocenters. The summed E-state index contributed by atoms with van der Waals surface area (Å²) in [5, 5.41) is 6.54. The summed E-state index contributed by atoms with van der Waals surface area (Å²) in [7, 11) is 2.22. The number of thioether (sulfide) groups is 1. The molecule has 2 amide bonds. The predicted molar refractivity (Wildman–Crippen MR) is 101 cm³/mol. The van der Waals surface area contributed by atoms with E-state index >= 15 is 0 Å². The van der Waals surface area contributed by atoms with E-state index in [1.165, 1.54) is 4.90 Å². The molecule has 2 aliphatic rings. The van der Waals surface area contributed by atoms with Crippen molar-refractivity contribution in [2.45, 2.75) is 29.7 Å². The summed E-state index contributed by atoms with van der Waals surface area (Å²) in [6, 6.07) is 8.08. The molecule has 0 unspecified atom stereocenters. The Kier molecular flexibility index (Phi) is 5.69. The minimum Gasteiger partial charge on any atom is -0.323 e. The smallest absolute Gasteiger partial charge is 0.321 e. The molecular weight excluding hydrogens is 320 g/mol. The third-order valence-corrected chi connectivity index (χ3v) is 6.08. The van der Waals surface area contributed by atoms with Crippen LogP contribution < -0.4 is 10.6 Å². The number of nitrogens with one attached hydrogen (secondary N) is 2. The molecule has 0 radical (unpaired) electrons. The Morgan fingerprint density at radius 3 is 2.83 bits per heavy atom. The van der Waals surface area contributed by atoms with E-state index in [9.17, 15) is 4.79 Å². The number of rotatable bonds is 2. The molecule has 0 saturated carbocycles. The van der Waals surface area contributed by atoms with E-state index in [2.05, 4.69) is 28.6 Å². The Hall–Kier alpha value is -1.24. The summed E-state index contributed by atoms with van der Waals surface area (Å²) in [6.07, 6.45) is 5.29. The average molecular weight is 349 g/mol. The maximum absolute atomic E-state index is 12.8. The van der Waals surface area contributed by atoms with Crippen molar-refractivity contribution in [3.63, 3.8) is 0 Å². The van der Waals surface area contributed by atoms with Crippen LogP contribution in [0, 0.1) is 0 Å². The molecule has 24 heavy (non-hydrogen) atoms. The van der Waals surface area contributed by atoms with Crippen molar-refractivity contribution in [1.82, 2.24) is 15.1 Å². The highest BCUT2D eigenvalue weighted by molar-refractivity contribution is 7.98. The number of carbonyl (C=O) groups is 1. The van der Waals surface area contributed by atoms with Gasteiger partial charge in [-0.2, -0.15) is 0 Å². The van der Waals surface area contributed by atoms with Crippen molar-refractivity contribution >= 4 is 23.5 Å². The Balaban J connectivity index is 1.71. The molecule has 1 aromatic rings. The van der Waals surface area contributed by atoms with Crippen LogP contribution in [0.15, 0.2) is 29.2 Å². The molecule has 0 aliphatic carbocycles. The Morgan fingerprint density at radius 1 is 1.29 bits per heavy atom. The lowest BCUT2D eigenvalue weighted by molar-refractivity contribution is 0.0744. The van der Waals surface area contributed by atoms with Crippen LogP contribution in [0.4, 0.5) is 10.5 Å². The average Bonchev–Trinajstić information content (AvgIpc) is 2.76. The van der Waals surface area contributed by atoms with Crippen molar-refractivity contribution in [2.75, 3.05) is 51.3 Å². The van der Waals surface area contributed by atoms with Crippen LogP contribution in [-0.4, -0.2) is 67.4 Å². The summed E-state index contributed by atoms with van der Waals surface area (Å²) < 4.78 is 0. The number of amides is 2. The molecule has 2 fully saturated rings. The standard InChI is InChI=1S/C18H28N4OS/c1-21-11-4-12-22(14-18(21)7-9-19-10-8-18)17(23)20-15-5-3-6-16(13-15)24-2/h3,5-6,13,19H,4,7-12,14H2,1-2H3,(H,20,23). The lowest BCUT2D eigenvalue weighted by Gasteiger charge is -2.45. The van der Waals surface area contributed by atoms with Gasteiger partial charge in [-0.1, -0.05) is 6.07 Å². The van der Waals surface area contributed by atoms with Crippen LogP contribution in [0.25, 0.3) is 0 Å². The molecule has 2 heterocycles. The number of likely N-dealkylation sites (N-methyl/N-ethyl adjacent to an activating group) is 1. The predicted octanol–water partition coefficient (Wildman–Crippen LogP) is 2.70. The van der Waals surface area contributed by atoms with Crippen LogP contribution in [0.3, 0.4) is 0 Å². The highest BCUT2D eigenvalue weighted by atomic mass is 32.2. The number of hydrogen-bond acceptors (Lipinski definition) is 4. The second-order valence-electron chi connectivity index (χ2n) is 6.83. The quantitative estimate of drug-likeness (QED) is 0.807. The van der Waals surface area contributed by atoms with E-state index in [0.717, 1.165) is 57.7 Å². The molecule has 132 valence electrons. The lowest BCUT2D eigenvalue weighted by atomic mass is 9.86. The summed E-state index contributed by atoms with van der Waals surface area (Å²) in [6.45, 7) is 4.78. The second kappa shape index (κ2) is 7.76. The van der Waals surface area contributed by atoms with Gasteiger partial charge in [0.1, 0.15) is 0 Å². The number of benzene rings is 1. The number of piperidine rings is 1. The summed E-state index contributed by atoms with van der Waals surface area (Å²) in [5.74, 6) is 0. The normalized spacial score (nSPS) is 21.5. The van der Waals surface area contributed by atoms with Crippen LogP contribution >= 0.6 is 11.8 Å². The minimum absolute atomic E-state index is 0.0291. The third-order valence-electron chi connectivity index (χ3n) is 5.36. The number of carbonyl (C=O) groups excluding carboxylic acids is 1. The molecule has 5 nitrogen and oxygen atoms in total. The zero-order valence-electron chi connectivity index (χ0n) is 14.7. The topological polar surface area (TPSA) is 47.6 Å². The summed E-state index contributed by atoms with van der Waals surface area (Å²) in [5.41, 5.74) is 1.00. The molecule has 1 spiro atoms. The zero-order valence-corrected chi connectivity index (χ0v) is 15.5.